The van der Waals surface area contributed by atoms with Gasteiger partial charge < -0.3 is 14.2 Å². The van der Waals surface area contributed by atoms with Crippen molar-refractivity contribution in [2.24, 2.45) is 0 Å². The summed E-state index contributed by atoms with van der Waals surface area (Å²) in [6.07, 6.45) is -1.90. The minimum absolute atomic E-state index is 0.301. The topological polar surface area (TPSA) is 77.1 Å². The number of ether oxygens (including phenoxy) is 3. The first-order valence-corrected chi connectivity index (χ1v) is 13.8. The SMILES string of the molecule is CC(C)OC(=O)NN(C(=O)OC(C)C)C1C(COCc2ccccc2)=C1[Si](C)(C)C. The third-order valence-corrected chi connectivity index (χ3v) is 6.60. The molecule has 0 aliphatic heterocycles. The van der Waals surface area contributed by atoms with E-state index in [1.54, 1.807) is 27.7 Å². The van der Waals surface area contributed by atoms with Crippen LogP contribution >= 0.6 is 0 Å². The maximum atomic E-state index is 12.8. The molecule has 1 aromatic rings. The smallest absolute Gasteiger partial charge is 0.429 e. The second kappa shape index (κ2) is 10.1. The summed E-state index contributed by atoms with van der Waals surface area (Å²) in [5, 5.41) is 2.43. The molecule has 2 amide bonds. The number of hydrazine groups is 1. The van der Waals surface area contributed by atoms with Gasteiger partial charge in [-0.1, -0.05) is 50.0 Å². The molecule has 1 aliphatic rings. The molecule has 7 nitrogen and oxygen atoms in total. The molecule has 0 heterocycles. The third kappa shape index (κ3) is 6.88. The number of amides is 2. The lowest BCUT2D eigenvalue weighted by atomic mass is 10.2. The van der Waals surface area contributed by atoms with Crippen LogP contribution in [-0.2, 0) is 20.8 Å². The van der Waals surface area contributed by atoms with Crippen molar-refractivity contribution >= 4 is 20.3 Å². The fourth-order valence-electron chi connectivity index (χ4n) is 3.25. The summed E-state index contributed by atoms with van der Waals surface area (Å²) in [4.78, 5) is 25.0. The molecule has 1 aliphatic carbocycles. The van der Waals surface area contributed by atoms with Gasteiger partial charge in [0.15, 0.2) is 0 Å². The Balaban J connectivity index is 2.13. The third-order valence-electron chi connectivity index (χ3n) is 4.39. The van der Waals surface area contributed by atoms with Gasteiger partial charge in [0.05, 0.1) is 39.5 Å². The van der Waals surface area contributed by atoms with E-state index in [4.69, 9.17) is 14.2 Å². The molecule has 30 heavy (non-hydrogen) atoms. The van der Waals surface area contributed by atoms with Crippen molar-refractivity contribution in [1.29, 1.82) is 0 Å². The Morgan fingerprint density at radius 3 is 2.13 bits per heavy atom. The summed E-state index contributed by atoms with van der Waals surface area (Å²) in [6, 6.07) is 9.59. The number of benzene rings is 1. The van der Waals surface area contributed by atoms with Gasteiger partial charge in [-0.3, -0.25) is 0 Å². The maximum absolute atomic E-state index is 12.8. The quantitative estimate of drug-likeness (QED) is 0.476. The zero-order valence-electron chi connectivity index (χ0n) is 19.0. The highest BCUT2D eigenvalue weighted by atomic mass is 28.3. The molecule has 0 aromatic heterocycles. The second-order valence-corrected chi connectivity index (χ2v) is 14.0. The number of hydrogen-bond donors (Lipinski definition) is 1. The fourth-order valence-corrected chi connectivity index (χ4v) is 5.48. The molecule has 0 bridgehead atoms. The van der Waals surface area contributed by atoms with Gasteiger partial charge >= 0.3 is 12.2 Å². The zero-order chi connectivity index (χ0) is 22.5. The van der Waals surface area contributed by atoms with Crippen LogP contribution in [0.2, 0.25) is 19.6 Å². The minimum atomic E-state index is -1.75. The lowest BCUT2D eigenvalue weighted by molar-refractivity contribution is 0.0443. The van der Waals surface area contributed by atoms with Gasteiger partial charge in [-0.25, -0.2) is 20.0 Å². The van der Waals surface area contributed by atoms with Crippen LogP contribution in [-0.4, -0.2) is 50.1 Å². The Kier molecular flexibility index (Phi) is 8.08. The van der Waals surface area contributed by atoms with Crippen LogP contribution in [0.25, 0.3) is 0 Å². The predicted octanol–water partition coefficient (Wildman–Crippen LogP) is 4.66. The standard InChI is InChI=1S/C22H34N2O5Si/c1-15(2)28-21(25)23-24(22(26)29-16(3)4)19-18(20(19)30(5,6)7)14-27-13-17-11-9-8-10-12-17/h8-12,15-16,19H,13-14H2,1-7H3,(H,23,25). The normalized spacial score (nSPS) is 16.0. The Morgan fingerprint density at radius 2 is 1.60 bits per heavy atom. The first-order chi connectivity index (χ1) is 14.0. The summed E-state index contributed by atoms with van der Waals surface area (Å²) in [5.41, 5.74) is 4.68. The summed E-state index contributed by atoms with van der Waals surface area (Å²) in [5.74, 6) is 0. The molecule has 1 atom stereocenters. The molecule has 1 unspecified atom stereocenters. The van der Waals surface area contributed by atoms with E-state index in [-0.39, 0.29) is 18.2 Å². The molecule has 0 fully saturated rings. The van der Waals surface area contributed by atoms with Crippen LogP contribution in [0, 0.1) is 0 Å². The van der Waals surface area contributed by atoms with E-state index in [9.17, 15) is 9.59 Å². The van der Waals surface area contributed by atoms with Gasteiger partial charge in [-0.2, -0.15) is 0 Å². The van der Waals surface area contributed by atoms with Crippen molar-refractivity contribution in [1.82, 2.24) is 10.4 Å². The Morgan fingerprint density at radius 1 is 1.00 bits per heavy atom. The number of carbonyl (C=O) groups excluding carboxylic acids is 2. The van der Waals surface area contributed by atoms with E-state index in [0.29, 0.717) is 13.2 Å². The van der Waals surface area contributed by atoms with E-state index in [2.05, 4.69) is 25.1 Å². The maximum Gasteiger partial charge on any atom is 0.429 e. The minimum Gasteiger partial charge on any atom is -0.446 e. The molecule has 8 heteroatoms. The van der Waals surface area contributed by atoms with Gasteiger partial charge in [0.1, 0.15) is 0 Å². The van der Waals surface area contributed by atoms with Crippen LogP contribution in [0.5, 0.6) is 0 Å². The first-order valence-electron chi connectivity index (χ1n) is 10.3. The van der Waals surface area contributed by atoms with Crippen molar-refractivity contribution < 1.29 is 23.8 Å². The number of hydrogen-bond acceptors (Lipinski definition) is 5. The van der Waals surface area contributed by atoms with Crippen molar-refractivity contribution in [3.05, 3.63) is 46.7 Å². The number of carbonyl (C=O) groups is 2. The summed E-state index contributed by atoms with van der Waals surface area (Å²) in [7, 11) is -1.75. The molecule has 1 aromatic carbocycles. The fraction of sp³-hybridized carbons (Fsp3) is 0.545. The summed E-state index contributed by atoms with van der Waals surface area (Å²) in [6.45, 7) is 14.5. The van der Waals surface area contributed by atoms with E-state index >= 15 is 0 Å². The highest BCUT2D eigenvalue weighted by Crippen LogP contribution is 2.43. The highest BCUT2D eigenvalue weighted by molar-refractivity contribution is 6.84. The molecule has 0 spiro atoms. The number of nitrogens with zero attached hydrogens (tertiary/aromatic N) is 1. The highest BCUT2D eigenvalue weighted by Gasteiger charge is 2.50. The molecule has 2 rings (SSSR count). The lowest BCUT2D eigenvalue weighted by Crippen LogP contribution is -2.51. The number of rotatable bonds is 8. The Hall–Kier alpha value is -2.32. The molecule has 0 saturated carbocycles. The van der Waals surface area contributed by atoms with Gasteiger partial charge in [-0.05, 0) is 44.0 Å². The van der Waals surface area contributed by atoms with Crippen LogP contribution in [0.3, 0.4) is 0 Å². The molecule has 0 radical (unpaired) electrons. The first kappa shape index (κ1) is 24.0. The van der Waals surface area contributed by atoms with E-state index < -0.39 is 20.3 Å². The Bertz CT molecular complexity index is 771. The van der Waals surface area contributed by atoms with Gasteiger partial charge in [0.2, 0.25) is 0 Å². The molecule has 166 valence electrons. The van der Waals surface area contributed by atoms with E-state index in [1.807, 2.05) is 30.3 Å². The van der Waals surface area contributed by atoms with Crippen LogP contribution in [0.4, 0.5) is 9.59 Å². The van der Waals surface area contributed by atoms with Gasteiger partial charge in [0.25, 0.3) is 0 Å². The van der Waals surface area contributed by atoms with E-state index in [1.165, 1.54) is 10.2 Å². The predicted molar refractivity (Wildman–Crippen MR) is 118 cm³/mol. The molecular formula is C22H34N2O5Si. The van der Waals surface area contributed by atoms with Crippen molar-refractivity contribution in [2.45, 2.75) is 72.2 Å². The van der Waals surface area contributed by atoms with Crippen molar-refractivity contribution in [2.75, 3.05) is 6.61 Å². The van der Waals surface area contributed by atoms with Gasteiger partial charge in [-0.15, -0.1) is 0 Å². The van der Waals surface area contributed by atoms with Crippen LogP contribution in [0.15, 0.2) is 41.1 Å². The van der Waals surface area contributed by atoms with Gasteiger partial charge in [0, 0.05) is 0 Å². The second-order valence-electron chi connectivity index (χ2n) is 8.94. The Labute approximate surface area is 180 Å². The van der Waals surface area contributed by atoms with Crippen LogP contribution < -0.4 is 5.43 Å². The molecule has 1 N–H and O–H groups in total. The molecular weight excluding hydrogens is 400 g/mol. The average molecular weight is 435 g/mol. The van der Waals surface area contributed by atoms with Crippen molar-refractivity contribution in [3.63, 3.8) is 0 Å². The monoisotopic (exact) mass is 434 g/mol. The zero-order valence-corrected chi connectivity index (χ0v) is 20.0. The van der Waals surface area contributed by atoms with Crippen LogP contribution in [0.1, 0.15) is 33.3 Å². The van der Waals surface area contributed by atoms with E-state index in [0.717, 1.165) is 11.1 Å². The largest absolute Gasteiger partial charge is 0.446 e. The average Bonchev–Trinajstić information content (AvgIpc) is 3.33. The molecule has 0 saturated heterocycles. The number of nitrogens with one attached hydrogen (secondary N) is 1. The summed E-state index contributed by atoms with van der Waals surface area (Å²) >= 11 is 0. The summed E-state index contributed by atoms with van der Waals surface area (Å²) < 4.78 is 16.5. The van der Waals surface area contributed by atoms with Crippen molar-refractivity contribution in [3.8, 4) is 0 Å². The lowest BCUT2D eigenvalue weighted by Gasteiger charge is -2.27.